The predicted octanol–water partition coefficient (Wildman–Crippen LogP) is 2.37. The summed E-state index contributed by atoms with van der Waals surface area (Å²) in [4.78, 5) is 48.1. The molecule has 4 N–H and O–H groups in total. The molecule has 0 saturated carbocycles. The summed E-state index contributed by atoms with van der Waals surface area (Å²) in [7, 11) is -3.56. The summed E-state index contributed by atoms with van der Waals surface area (Å²) >= 11 is 0. The van der Waals surface area contributed by atoms with Crippen molar-refractivity contribution in [3.63, 3.8) is 0 Å². The minimum Gasteiger partial charge on any atom is -0.365 e. The third-order valence-electron chi connectivity index (χ3n) is 8.26. The van der Waals surface area contributed by atoms with Gasteiger partial charge < -0.3 is 15.6 Å². The molecule has 12 nitrogen and oxygen atoms in total. The van der Waals surface area contributed by atoms with Crippen LogP contribution in [0.3, 0.4) is 0 Å². The molecule has 228 valence electrons. The number of rotatable bonds is 8. The van der Waals surface area contributed by atoms with Crippen molar-refractivity contribution in [1.82, 2.24) is 24.2 Å². The van der Waals surface area contributed by atoms with Gasteiger partial charge in [0.2, 0.25) is 27.3 Å². The zero-order valence-corrected chi connectivity index (χ0v) is 25.1. The van der Waals surface area contributed by atoms with Crippen molar-refractivity contribution < 1.29 is 18.0 Å². The number of likely N-dealkylation sites (tertiary alicyclic amines) is 1. The van der Waals surface area contributed by atoms with Gasteiger partial charge in [0.15, 0.2) is 5.65 Å². The molecule has 1 fully saturated rings. The lowest BCUT2D eigenvalue weighted by molar-refractivity contribution is -0.120. The second-order valence-corrected chi connectivity index (χ2v) is 13.2. The van der Waals surface area contributed by atoms with Crippen LogP contribution in [0.5, 0.6) is 0 Å². The largest absolute Gasteiger partial charge is 0.365 e. The molecule has 0 spiro atoms. The Morgan fingerprint density at radius 1 is 1.05 bits per heavy atom. The zero-order valence-electron chi connectivity index (χ0n) is 24.2. The monoisotopic (exact) mass is 615 g/mol. The number of aromatic nitrogens is 3. The molecule has 0 radical (unpaired) electrons. The van der Waals surface area contributed by atoms with Crippen LogP contribution in [0.15, 0.2) is 59.7 Å². The highest BCUT2D eigenvalue weighted by molar-refractivity contribution is 7.89. The maximum absolute atomic E-state index is 13.1. The Morgan fingerprint density at radius 3 is 2.48 bits per heavy atom. The average Bonchev–Trinajstić information content (AvgIpc) is 3.45. The van der Waals surface area contributed by atoms with Gasteiger partial charge in [-0.3, -0.25) is 24.0 Å². The fourth-order valence-corrected chi connectivity index (χ4v) is 6.56. The Hall–Kier alpha value is -4.62. The number of nitrogens with two attached hydrogens (primary N) is 1. The lowest BCUT2D eigenvalue weighted by Crippen LogP contribution is -2.42. The first kappa shape index (κ1) is 29.5. The van der Waals surface area contributed by atoms with Gasteiger partial charge in [0, 0.05) is 23.8 Å². The lowest BCUT2D eigenvalue weighted by Gasteiger charge is -2.31. The van der Waals surface area contributed by atoms with Crippen LogP contribution in [0.4, 0.5) is 11.6 Å². The molecule has 0 atom stereocenters. The molecule has 0 bridgehead atoms. The van der Waals surface area contributed by atoms with E-state index in [9.17, 15) is 22.8 Å². The Kier molecular flexibility index (Phi) is 7.91. The van der Waals surface area contributed by atoms with Crippen LogP contribution in [0.25, 0.3) is 16.7 Å². The number of carbonyl (C=O) groups is 2. The molecule has 2 aromatic carbocycles. The molecule has 2 aromatic heterocycles. The molecule has 1 aliphatic heterocycles. The van der Waals surface area contributed by atoms with E-state index in [1.165, 1.54) is 29.1 Å². The van der Waals surface area contributed by atoms with Crippen molar-refractivity contribution in [3.05, 3.63) is 87.3 Å². The van der Waals surface area contributed by atoms with Crippen LogP contribution in [0.1, 0.15) is 52.2 Å². The molecule has 13 heteroatoms. The Labute approximate surface area is 254 Å². The molecule has 0 unspecified atom stereocenters. The summed E-state index contributed by atoms with van der Waals surface area (Å²) in [6.45, 7) is 1.44. The second kappa shape index (κ2) is 11.8. The summed E-state index contributed by atoms with van der Waals surface area (Å²) < 4.78 is 26.3. The van der Waals surface area contributed by atoms with Crippen molar-refractivity contribution >= 4 is 44.5 Å². The van der Waals surface area contributed by atoms with Gasteiger partial charge in [-0.15, -0.1) is 0 Å². The molecular formula is C31H33N7O5S. The Bertz CT molecular complexity index is 1930. The van der Waals surface area contributed by atoms with Crippen LogP contribution < -0.4 is 21.2 Å². The van der Waals surface area contributed by atoms with Gasteiger partial charge in [-0.1, -0.05) is 18.2 Å². The van der Waals surface area contributed by atoms with Crippen molar-refractivity contribution in [2.24, 2.45) is 5.73 Å². The number of aryl methyl sites for hydroxylation is 2. The number of fused-ring (bicyclic) bond motifs is 2. The van der Waals surface area contributed by atoms with E-state index in [4.69, 9.17) is 5.73 Å². The van der Waals surface area contributed by atoms with Gasteiger partial charge in [0.25, 0.3) is 5.91 Å². The zero-order chi connectivity index (χ0) is 31.0. The normalized spacial score (nSPS) is 15.7. The first-order valence-corrected chi connectivity index (χ1v) is 16.4. The number of anilines is 2. The van der Waals surface area contributed by atoms with Crippen LogP contribution >= 0.6 is 0 Å². The Morgan fingerprint density at radius 2 is 1.77 bits per heavy atom. The summed E-state index contributed by atoms with van der Waals surface area (Å²) in [5.41, 5.74) is 10.5. The van der Waals surface area contributed by atoms with Crippen molar-refractivity contribution in [2.45, 2.75) is 38.0 Å². The van der Waals surface area contributed by atoms with E-state index in [2.05, 4.69) is 27.4 Å². The summed E-state index contributed by atoms with van der Waals surface area (Å²) in [6, 6.07) is 14.1. The lowest BCUT2D eigenvalue weighted by atomic mass is 9.89. The molecule has 44 heavy (non-hydrogen) atoms. The molecule has 1 saturated heterocycles. The van der Waals surface area contributed by atoms with E-state index in [1.807, 2.05) is 40.0 Å². The number of amides is 2. The summed E-state index contributed by atoms with van der Waals surface area (Å²) in [5, 5.41) is 3.42. The van der Waals surface area contributed by atoms with Crippen LogP contribution in [0.2, 0.25) is 0 Å². The fourth-order valence-electron chi connectivity index (χ4n) is 6.09. The molecular weight excluding hydrogens is 582 g/mol. The number of carbonyl (C=O) groups excluding carboxylic acids is 2. The third-order valence-corrected chi connectivity index (χ3v) is 8.86. The number of pyridine rings is 1. The summed E-state index contributed by atoms with van der Waals surface area (Å²) in [6.07, 6.45) is 8.64. The van der Waals surface area contributed by atoms with Gasteiger partial charge in [0.05, 0.1) is 18.2 Å². The van der Waals surface area contributed by atoms with E-state index < -0.39 is 27.3 Å². The number of nitrogens with one attached hydrogen (secondary N) is 2. The number of benzene rings is 2. The highest BCUT2D eigenvalue weighted by atomic mass is 32.2. The smallest absolute Gasteiger partial charge is 0.254 e. The number of hydrogen-bond donors (Lipinski definition) is 3. The summed E-state index contributed by atoms with van der Waals surface area (Å²) in [5.74, 6) is -0.712. The number of sulfonamides is 1. The van der Waals surface area contributed by atoms with Crippen LogP contribution in [-0.2, 0) is 27.7 Å². The van der Waals surface area contributed by atoms with Crippen molar-refractivity contribution in [2.75, 3.05) is 31.2 Å². The minimum atomic E-state index is -3.56. The topological polar surface area (TPSA) is 169 Å². The number of nitrogens with zero attached hydrogens (tertiary/aromatic N) is 4. The minimum absolute atomic E-state index is 0.0541. The predicted molar refractivity (Wildman–Crippen MR) is 167 cm³/mol. The second-order valence-electron chi connectivity index (χ2n) is 11.4. The van der Waals surface area contributed by atoms with Crippen LogP contribution in [0, 0.1) is 0 Å². The first-order valence-electron chi connectivity index (χ1n) is 14.5. The van der Waals surface area contributed by atoms with Gasteiger partial charge in [-0.05, 0) is 92.1 Å². The number of primary amides is 1. The van der Waals surface area contributed by atoms with E-state index in [-0.39, 0.29) is 17.5 Å². The standard InChI is InChI=1S/C31H33N7O5S/c1-44(42,43)36-27(39)18-37-13-11-21(12-14-37)20-5-8-23(9-6-20)34-31-33-16-25-28(40)26(29(32)41)17-38(30(25)35-31)24-10-7-19-3-2-4-22(19)15-24/h5-10,15-17,21H,2-4,11-14,18H2,1H3,(H2,32,41)(H,36,39)(H,33,34,35). The molecule has 1 aliphatic carbocycles. The fraction of sp³-hybridized carbons (Fsp3) is 0.323. The maximum atomic E-state index is 13.1. The van der Waals surface area contributed by atoms with Gasteiger partial charge in [-0.25, -0.2) is 13.4 Å². The number of piperidine rings is 1. The molecule has 2 amide bonds. The average molecular weight is 616 g/mol. The van der Waals surface area contributed by atoms with Gasteiger partial charge in [-0.2, -0.15) is 4.98 Å². The van der Waals surface area contributed by atoms with E-state index in [1.54, 1.807) is 4.57 Å². The van der Waals surface area contributed by atoms with Crippen molar-refractivity contribution in [3.8, 4) is 5.69 Å². The quantitative estimate of drug-likeness (QED) is 0.269. The molecule has 2 aliphatic rings. The van der Waals surface area contributed by atoms with Crippen molar-refractivity contribution in [1.29, 1.82) is 0 Å². The van der Waals surface area contributed by atoms with E-state index >= 15 is 0 Å². The molecule has 3 heterocycles. The van der Waals surface area contributed by atoms with Gasteiger partial charge in [0.1, 0.15) is 5.56 Å². The first-order chi connectivity index (χ1) is 21.0. The maximum Gasteiger partial charge on any atom is 0.254 e. The molecule has 4 aromatic rings. The van der Waals surface area contributed by atoms with E-state index in [0.717, 1.165) is 49.7 Å². The Balaban J connectivity index is 1.19. The van der Waals surface area contributed by atoms with Gasteiger partial charge >= 0.3 is 0 Å². The number of hydrogen-bond acceptors (Lipinski definition) is 9. The highest BCUT2D eigenvalue weighted by Gasteiger charge is 2.23. The van der Waals surface area contributed by atoms with Crippen LogP contribution in [-0.4, -0.2) is 65.6 Å². The SMILES string of the molecule is CS(=O)(=O)NC(=O)CN1CCC(c2ccc(Nc3ncc4c(=O)c(C(N)=O)cn(-c5ccc6c(c5)CCC6)c4n3)cc2)CC1. The highest BCUT2D eigenvalue weighted by Crippen LogP contribution is 2.30. The third kappa shape index (κ3) is 6.33. The van der Waals surface area contributed by atoms with E-state index in [0.29, 0.717) is 30.6 Å². The molecule has 6 rings (SSSR count).